The Bertz CT molecular complexity index is 1750. The Labute approximate surface area is 271 Å². The molecule has 2 aliphatic heterocycles. The molecule has 0 spiro atoms. The summed E-state index contributed by atoms with van der Waals surface area (Å²) in [4.78, 5) is 42.6. The number of nitrogens with zero attached hydrogens (tertiary/aromatic N) is 6. The van der Waals surface area contributed by atoms with Crippen molar-refractivity contribution in [1.82, 2.24) is 34.9 Å². The molecule has 3 aliphatic rings. The number of aromatic amines is 1. The van der Waals surface area contributed by atoms with Crippen LogP contribution in [0.25, 0.3) is 11.0 Å². The number of hydrogen-bond donors (Lipinski definition) is 3. The Morgan fingerprint density at radius 2 is 2.02 bits per heavy atom. The van der Waals surface area contributed by atoms with Crippen LogP contribution in [0.5, 0.6) is 11.5 Å². The summed E-state index contributed by atoms with van der Waals surface area (Å²) in [6.07, 6.45) is 10.6. The van der Waals surface area contributed by atoms with Crippen LogP contribution in [0.3, 0.4) is 0 Å². The molecule has 1 aromatic carbocycles. The minimum Gasteiger partial charge on any atom is -0.456 e. The van der Waals surface area contributed by atoms with Gasteiger partial charge in [0.2, 0.25) is 5.91 Å². The molecule has 4 aromatic rings. The molecule has 1 aliphatic carbocycles. The van der Waals surface area contributed by atoms with Gasteiger partial charge in [0.1, 0.15) is 16.9 Å². The van der Waals surface area contributed by atoms with E-state index in [1.807, 2.05) is 11.0 Å². The number of nitrogens with one attached hydrogen (secondary N) is 3. The van der Waals surface area contributed by atoms with Crippen LogP contribution in [0.4, 0.5) is 10.9 Å². The second-order valence-corrected chi connectivity index (χ2v) is 13.5. The van der Waals surface area contributed by atoms with Gasteiger partial charge in [0.25, 0.3) is 5.91 Å². The molecule has 1 saturated carbocycles. The molecule has 2 amide bonds. The van der Waals surface area contributed by atoms with E-state index in [9.17, 15) is 9.59 Å². The van der Waals surface area contributed by atoms with Gasteiger partial charge in [-0.2, -0.15) is 5.10 Å². The van der Waals surface area contributed by atoms with Crippen LogP contribution in [0.1, 0.15) is 46.6 Å². The van der Waals surface area contributed by atoms with E-state index in [0.717, 1.165) is 56.5 Å². The molecule has 7 rings (SSSR count). The van der Waals surface area contributed by atoms with Crippen LogP contribution < -0.4 is 15.4 Å². The fraction of sp³-hybridized carbons (Fsp3) is 0.424. The number of amides is 2. The number of benzene rings is 1. The van der Waals surface area contributed by atoms with Crippen LogP contribution >= 0.6 is 11.3 Å². The maximum absolute atomic E-state index is 13.0. The normalized spacial score (nSPS) is 18.7. The maximum atomic E-state index is 13.0. The number of pyridine rings is 1. The molecule has 5 heterocycles. The van der Waals surface area contributed by atoms with Crippen molar-refractivity contribution in [3.05, 3.63) is 64.8 Å². The zero-order valence-electron chi connectivity index (χ0n) is 26.2. The minimum atomic E-state index is -0.209. The van der Waals surface area contributed by atoms with Crippen molar-refractivity contribution in [2.24, 2.45) is 0 Å². The number of aromatic nitrogens is 4. The maximum Gasteiger partial charge on any atom is 0.257 e. The van der Waals surface area contributed by atoms with Crippen molar-refractivity contribution < 1.29 is 14.3 Å². The first kappa shape index (κ1) is 30.3. The lowest BCUT2D eigenvalue weighted by atomic mass is 10.1. The van der Waals surface area contributed by atoms with Crippen molar-refractivity contribution in [1.29, 1.82) is 0 Å². The summed E-state index contributed by atoms with van der Waals surface area (Å²) in [5, 5.41) is 15.3. The van der Waals surface area contributed by atoms with E-state index in [1.54, 1.807) is 53.9 Å². The molecular formula is C33H39N9O3S. The highest BCUT2D eigenvalue weighted by molar-refractivity contribution is 7.15. The fourth-order valence-electron chi connectivity index (χ4n) is 6.04. The first-order valence-corrected chi connectivity index (χ1v) is 16.7. The van der Waals surface area contributed by atoms with Crippen molar-refractivity contribution >= 4 is 45.1 Å². The Balaban J connectivity index is 0.985. The molecule has 3 aromatic heterocycles. The number of likely N-dealkylation sites (N-methyl/N-ethyl adjacent to an activating group) is 2. The molecule has 2 fully saturated rings. The highest BCUT2D eigenvalue weighted by Crippen LogP contribution is 2.34. The number of likely N-dealkylation sites (tertiary alicyclic amines) is 1. The standard InChI is InChI=1S/C33H39N9O3S/c1-40-18-14-27-25(20-40)36-33(46-27)37-32(44)21-7-11-24(12-8-21)45-26-13-15-34-30-29(26)31(39-38-30)35-22-5-3-17-42(19-22)28(43)6-4-16-41(2)23-9-10-23/h4,6-8,11-13,15,22-23H,3,5,9-10,14,16-20H2,1-2H3,(H,36,37,44)(H2,34,35,38,39)/b6-4+/t22-/m1/s1. The zero-order chi connectivity index (χ0) is 31.6. The quantitative estimate of drug-likeness (QED) is 0.214. The van der Waals surface area contributed by atoms with Gasteiger partial charge < -0.3 is 19.9 Å². The van der Waals surface area contributed by atoms with Gasteiger partial charge in [-0.3, -0.25) is 24.9 Å². The summed E-state index contributed by atoms with van der Waals surface area (Å²) < 4.78 is 6.28. The molecule has 1 atom stereocenters. The predicted molar refractivity (Wildman–Crippen MR) is 179 cm³/mol. The molecule has 1 saturated heterocycles. The molecule has 46 heavy (non-hydrogen) atoms. The average Bonchev–Trinajstić information content (AvgIpc) is 3.72. The van der Waals surface area contributed by atoms with Gasteiger partial charge in [-0.15, -0.1) is 11.3 Å². The highest BCUT2D eigenvalue weighted by atomic mass is 32.1. The minimum absolute atomic E-state index is 0.0434. The smallest absolute Gasteiger partial charge is 0.257 e. The number of anilines is 2. The Hall–Kier alpha value is -4.33. The van der Waals surface area contributed by atoms with Crippen molar-refractivity contribution in [2.75, 3.05) is 50.9 Å². The summed E-state index contributed by atoms with van der Waals surface area (Å²) in [5.41, 5.74) is 2.16. The molecule has 0 radical (unpaired) electrons. The Morgan fingerprint density at radius 3 is 2.85 bits per heavy atom. The number of carbonyl (C=O) groups excluding carboxylic acids is 2. The summed E-state index contributed by atoms with van der Waals surface area (Å²) in [6, 6.07) is 9.54. The molecule has 240 valence electrons. The van der Waals surface area contributed by atoms with E-state index >= 15 is 0 Å². The summed E-state index contributed by atoms with van der Waals surface area (Å²) >= 11 is 1.55. The van der Waals surface area contributed by atoms with Crippen LogP contribution in [0.2, 0.25) is 0 Å². The van der Waals surface area contributed by atoms with Gasteiger partial charge in [0.15, 0.2) is 16.6 Å². The molecule has 0 unspecified atom stereocenters. The number of H-pyrrole nitrogens is 1. The zero-order valence-corrected chi connectivity index (χ0v) is 27.0. The lowest BCUT2D eigenvalue weighted by Crippen LogP contribution is -2.44. The van der Waals surface area contributed by atoms with Crippen LogP contribution in [-0.2, 0) is 17.8 Å². The second-order valence-electron chi connectivity index (χ2n) is 12.4. The monoisotopic (exact) mass is 641 g/mol. The van der Waals surface area contributed by atoms with Gasteiger partial charge in [0, 0.05) is 73.6 Å². The van der Waals surface area contributed by atoms with Crippen molar-refractivity contribution in [2.45, 2.75) is 50.7 Å². The van der Waals surface area contributed by atoms with E-state index in [4.69, 9.17) is 4.74 Å². The third-order valence-corrected chi connectivity index (χ3v) is 9.88. The van der Waals surface area contributed by atoms with Gasteiger partial charge in [0.05, 0.1) is 5.69 Å². The van der Waals surface area contributed by atoms with Gasteiger partial charge in [-0.1, -0.05) is 6.08 Å². The lowest BCUT2D eigenvalue weighted by molar-refractivity contribution is -0.127. The molecule has 13 heteroatoms. The number of hydrogen-bond acceptors (Lipinski definition) is 10. The van der Waals surface area contributed by atoms with E-state index in [2.05, 4.69) is 54.7 Å². The number of rotatable bonds is 10. The Morgan fingerprint density at radius 1 is 1.17 bits per heavy atom. The summed E-state index contributed by atoms with van der Waals surface area (Å²) in [6.45, 7) is 3.94. The highest BCUT2D eigenvalue weighted by Gasteiger charge is 2.26. The summed E-state index contributed by atoms with van der Waals surface area (Å²) in [7, 11) is 4.19. The number of carbonyl (C=O) groups is 2. The first-order valence-electron chi connectivity index (χ1n) is 15.9. The van der Waals surface area contributed by atoms with Gasteiger partial charge in [-0.25, -0.2) is 9.97 Å². The summed E-state index contributed by atoms with van der Waals surface area (Å²) in [5.74, 6) is 1.64. The number of piperidine rings is 1. The number of fused-ring (bicyclic) bond motifs is 2. The van der Waals surface area contributed by atoms with Crippen LogP contribution in [-0.4, -0.2) is 99.0 Å². The topological polar surface area (TPSA) is 132 Å². The number of thiazole rings is 1. The predicted octanol–water partition coefficient (Wildman–Crippen LogP) is 4.50. The van der Waals surface area contributed by atoms with Gasteiger partial charge >= 0.3 is 0 Å². The second kappa shape index (κ2) is 13.2. The third kappa shape index (κ3) is 6.91. The van der Waals surface area contributed by atoms with Gasteiger partial charge in [-0.05, 0) is 70.5 Å². The molecule has 12 nitrogen and oxygen atoms in total. The molecular weight excluding hydrogens is 602 g/mol. The van der Waals surface area contributed by atoms with Crippen LogP contribution in [0, 0.1) is 0 Å². The fourth-order valence-corrected chi connectivity index (χ4v) is 7.00. The average molecular weight is 642 g/mol. The van der Waals surface area contributed by atoms with E-state index < -0.39 is 0 Å². The number of ether oxygens (including phenoxy) is 1. The van der Waals surface area contributed by atoms with Crippen molar-refractivity contribution in [3.63, 3.8) is 0 Å². The molecule has 0 bridgehead atoms. The van der Waals surface area contributed by atoms with Crippen molar-refractivity contribution in [3.8, 4) is 11.5 Å². The first-order chi connectivity index (χ1) is 22.4. The van der Waals surface area contributed by atoms with E-state index in [-0.39, 0.29) is 17.9 Å². The van der Waals surface area contributed by atoms with E-state index in [1.165, 1.54) is 17.7 Å². The third-order valence-electron chi connectivity index (χ3n) is 8.80. The Kier molecular flexibility index (Phi) is 8.69. The SMILES string of the molecule is CN1CCc2sc(NC(=O)c3ccc(Oc4ccnc5[nH]nc(N[C@@H]6CCCN(C(=O)/C=C/CN(C)C7CC7)C6)c45)cc3)nc2C1. The lowest BCUT2D eigenvalue weighted by Gasteiger charge is -2.32. The largest absolute Gasteiger partial charge is 0.456 e. The van der Waals surface area contributed by atoms with E-state index in [0.29, 0.717) is 46.2 Å². The van der Waals surface area contributed by atoms with Crippen LogP contribution in [0.15, 0.2) is 48.7 Å². The molecule has 3 N–H and O–H groups in total.